The van der Waals surface area contributed by atoms with Gasteiger partial charge in [0.15, 0.2) is 0 Å². The topological polar surface area (TPSA) is 71.7 Å². The SMILES string of the molecule is COCC(C)N=C(NN)NC(C)Cc1cccs1. The van der Waals surface area contributed by atoms with Gasteiger partial charge in [0.05, 0.1) is 12.6 Å². The molecular formula is C12H22N4OS. The van der Waals surface area contributed by atoms with Crippen LogP contribution < -0.4 is 16.6 Å². The van der Waals surface area contributed by atoms with E-state index in [0.717, 1.165) is 6.42 Å². The van der Waals surface area contributed by atoms with Crippen LogP contribution in [0.5, 0.6) is 0 Å². The molecule has 2 unspecified atom stereocenters. The molecule has 0 aromatic carbocycles. The minimum Gasteiger partial charge on any atom is -0.382 e. The number of guanidine groups is 1. The fourth-order valence-corrected chi connectivity index (χ4v) is 2.47. The van der Waals surface area contributed by atoms with Crippen molar-refractivity contribution in [1.82, 2.24) is 10.7 Å². The van der Waals surface area contributed by atoms with Crippen LogP contribution in [0.2, 0.25) is 0 Å². The van der Waals surface area contributed by atoms with E-state index in [1.165, 1.54) is 4.88 Å². The number of ether oxygens (including phenoxy) is 1. The second kappa shape index (κ2) is 8.07. The van der Waals surface area contributed by atoms with Crippen LogP contribution in [0.4, 0.5) is 0 Å². The van der Waals surface area contributed by atoms with Crippen molar-refractivity contribution in [2.24, 2.45) is 10.8 Å². The van der Waals surface area contributed by atoms with Gasteiger partial charge in [0.25, 0.3) is 0 Å². The molecule has 6 heteroatoms. The van der Waals surface area contributed by atoms with Crippen LogP contribution in [-0.4, -0.2) is 31.8 Å². The number of thiophene rings is 1. The summed E-state index contributed by atoms with van der Waals surface area (Å²) in [4.78, 5) is 5.75. The van der Waals surface area contributed by atoms with Gasteiger partial charge in [-0.1, -0.05) is 6.07 Å². The summed E-state index contributed by atoms with van der Waals surface area (Å²) in [7, 11) is 1.66. The van der Waals surface area contributed by atoms with Crippen LogP contribution in [0.25, 0.3) is 0 Å². The van der Waals surface area contributed by atoms with Crippen LogP contribution >= 0.6 is 11.3 Å². The number of nitrogens with one attached hydrogen (secondary N) is 2. The van der Waals surface area contributed by atoms with Crippen molar-refractivity contribution in [3.8, 4) is 0 Å². The first-order valence-corrected chi connectivity index (χ1v) is 6.86. The minimum absolute atomic E-state index is 0.0717. The molecule has 0 amide bonds. The van der Waals surface area contributed by atoms with Crippen molar-refractivity contribution >= 4 is 17.3 Å². The number of hydrogen-bond acceptors (Lipinski definition) is 4. The standard InChI is InChI=1S/C12H22N4OS/c1-9(7-11-5-4-6-18-11)14-12(16-13)15-10(2)8-17-3/h4-6,9-10H,7-8,13H2,1-3H3,(H2,14,15,16). The molecule has 1 rings (SSSR count). The molecule has 0 radical (unpaired) electrons. The highest BCUT2D eigenvalue weighted by Gasteiger charge is 2.08. The van der Waals surface area contributed by atoms with Gasteiger partial charge in [-0.05, 0) is 25.3 Å². The summed E-state index contributed by atoms with van der Waals surface area (Å²) in [6, 6.07) is 4.53. The maximum Gasteiger partial charge on any atom is 0.206 e. The summed E-state index contributed by atoms with van der Waals surface area (Å²) in [6.07, 6.45) is 0.955. The molecule has 0 saturated heterocycles. The Labute approximate surface area is 112 Å². The van der Waals surface area contributed by atoms with Gasteiger partial charge in [-0.15, -0.1) is 11.3 Å². The third-order valence-corrected chi connectivity index (χ3v) is 3.26. The lowest BCUT2D eigenvalue weighted by Gasteiger charge is -2.17. The van der Waals surface area contributed by atoms with Gasteiger partial charge < -0.3 is 10.1 Å². The van der Waals surface area contributed by atoms with E-state index in [1.54, 1.807) is 18.4 Å². The lowest BCUT2D eigenvalue weighted by atomic mass is 10.2. The number of nitrogens with zero attached hydrogens (tertiary/aromatic N) is 1. The molecule has 0 aliphatic rings. The van der Waals surface area contributed by atoms with Crippen LogP contribution in [0.1, 0.15) is 18.7 Å². The number of methoxy groups -OCH3 is 1. The molecule has 1 aromatic heterocycles. The van der Waals surface area contributed by atoms with Gasteiger partial charge in [0, 0.05) is 24.4 Å². The second-order valence-corrected chi connectivity index (χ2v) is 5.29. The summed E-state index contributed by atoms with van der Waals surface area (Å²) < 4.78 is 5.04. The van der Waals surface area contributed by atoms with Crippen LogP contribution in [-0.2, 0) is 11.2 Å². The Hall–Kier alpha value is -1.11. The van der Waals surface area contributed by atoms with E-state index in [-0.39, 0.29) is 12.1 Å². The molecule has 0 saturated carbocycles. The van der Waals surface area contributed by atoms with E-state index >= 15 is 0 Å². The fraction of sp³-hybridized carbons (Fsp3) is 0.583. The lowest BCUT2D eigenvalue weighted by Crippen LogP contribution is -2.46. The van der Waals surface area contributed by atoms with E-state index in [1.807, 2.05) is 6.92 Å². The predicted molar refractivity (Wildman–Crippen MR) is 76.7 cm³/mol. The number of rotatable bonds is 6. The molecule has 18 heavy (non-hydrogen) atoms. The van der Waals surface area contributed by atoms with E-state index in [2.05, 4.69) is 40.2 Å². The van der Waals surface area contributed by atoms with Crippen molar-refractivity contribution in [1.29, 1.82) is 0 Å². The Balaban J connectivity index is 2.46. The summed E-state index contributed by atoms with van der Waals surface area (Å²) in [6.45, 7) is 4.66. The second-order valence-electron chi connectivity index (χ2n) is 4.26. The first kappa shape index (κ1) is 14.9. The Morgan fingerprint density at radius 3 is 2.89 bits per heavy atom. The molecule has 5 nitrogen and oxygen atoms in total. The van der Waals surface area contributed by atoms with Gasteiger partial charge in [0.2, 0.25) is 5.96 Å². The smallest absolute Gasteiger partial charge is 0.206 e. The average Bonchev–Trinajstić information content (AvgIpc) is 2.81. The van der Waals surface area contributed by atoms with E-state index < -0.39 is 0 Å². The van der Waals surface area contributed by atoms with Crippen molar-refractivity contribution in [2.45, 2.75) is 32.4 Å². The maximum absolute atomic E-state index is 5.46. The fourth-order valence-electron chi connectivity index (χ4n) is 1.63. The molecule has 0 fully saturated rings. The van der Waals surface area contributed by atoms with Crippen molar-refractivity contribution < 1.29 is 4.74 Å². The van der Waals surface area contributed by atoms with Crippen LogP contribution in [0, 0.1) is 0 Å². The minimum atomic E-state index is 0.0717. The molecule has 1 heterocycles. The molecule has 1 aromatic rings. The molecule has 0 bridgehead atoms. The zero-order chi connectivity index (χ0) is 13.4. The highest BCUT2D eigenvalue weighted by molar-refractivity contribution is 7.09. The Morgan fingerprint density at radius 2 is 2.33 bits per heavy atom. The molecule has 0 aliphatic heterocycles. The van der Waals surface area contributed by atoms with Crippen LogP contribution in [0.15, 0.2) is 22.5 Å². The number of hydrazine groups is 1. The van der Waals surface area contributed by atoms with Gasteiger partial charge in [-0.3, -0.25) is 5.43 Å². The molecule has 0 spiro atoms. The summed E-state index contributed by atoms with van der Waals surface area (Å²) >= 11 is 1.76. The van der Waals surface area contributed by atoms with E-state index in [0.29, 0.717) is 12.6 Å². The predicted octanol–water partition coefficient (Wildman–Crippen LogP) is 1.12. The summed E-state index contributed by atoms with van der Waals surface area (Å²) in [5.41, 5.74) is 2.59. The number of hydrogen-bond donors (Lipinski definition) is 3. The molecule has 4 N–H and O–H groups in total. The van der Waals surface area contributed by atoms with E-state index in [9.17, 15) is 0 Å². The highest BCUT2D eigenvalue weighted by Crippen LogP contribution is 2.10. The molecular weight excluding hydrogens is 248 g/mol. The normalized spacial score (nSPS) is 15.2. The van der Waals surface area contributed by atoms with Gasteiger partial charge in [0.1, 0.15) is 0 Å². The van der Waals surface area contributed by atoms with Crippen molar-refractivity contribution in [3.05, 3.63) is 22.4 Å². The number of aliphatic imine (C=N–C) groups is 1. The molecule has 2 atom stereocenters. The zero-order valence-electron chi connectivity index (χ0n) is 11.1. The van der Waals surface area contributed by atoms with Gasteiger partial charge in [-0.25, -0.2) is 10.8 Å². The molecule has 102 valence electrons. The monoisotopic (exact) mass is 270 g/mol. The highest BCUT2D eigenvalue weighted by atomic mass is 32.1. The lowest BCUT2D eigenvalue weighted by molar-refractivity contribution is 0.185. The van der Waals surface area contributed by atoms with Crippen molar-refractivity contribution in [3.63, 3.8) is 0 Å². The third kappa shape index (κ3) is 5.48. The third-order valence-electron chi connectivity index (χ3n) is 2.36. The Bertz CT molecular complexity index is 353. The van der Waals surface area contributed by atoms with Gasteiger partial charge >= 0.3 is 0 Å². The zero-order valence-corrected chi connectivity index (χ0v) is 12.0. The number of nitrogens with two attached hydrogens (primary N) is 1. The Kier molecular flexibility index (Phi) is 6.70. The Morgan fingerprint density at radius 1 is 1.56 bits per heavy atom. The van der Waals surface area contributed by atoms with Crippen LogP contribution in [0.3, 0.4) is 0 Å². The van der Waals surface area contributed by atoms with Crippen molar-refractivity contribution in [2.75, 3.05) is 13.7 Å². The molecule has 0 aliphatic carbocycles. The maximum atomic E-state index is 5.46. The average molecular weight is 270 g/mol. The summed E-state index contributed by atoms with van der Waals surface area (Å²) in [5.74, 6) is 6.06. The largest absolute Gasteiger partial charge is 0.382 e. The summed E-state index contributed by atoms with van der Waals surface area (Å²) in [5, 5.41) is 5.34. The first-order valence-electron chi connectivity index (χ1n) is 5.98. The first-order chi connectivity index (χ1) is 8.65. The quantitative estimate of drug-likeness (QED) is 0.313. The van der Waals surface area contributed by atoms with Gasteiger partial charge in [-0.2, -0.15) is 0 Å². The van der Waals surface area contributed by atoms with E-state index in [4.69, 9.17) is 10.6 Å².